The van der Waals surface area contributed by atoms with Gasteiger partial charge in [-0.25, -0.2) is 4.98 Å². The van der Waals surface area contributed by atoms with Crippen LogP contribution in [0.3, 0.4) is 0 Å². The lowest BCUT2D eigenvalue weighted by molar-refractivity contribution is 0.282. The van der Waals surface area contributed by atoms with Crippen molar-refractivity contribution in [1.29, 1.82) is 0 Å². The van der Waals surface area contributed by atoms with Gasteiger partial charge in [-0.1, -0.05) is 24.3 Å². The molecule has 0 unspecified atom stereocenters. The van der Waals surface area contributed by atoms with Crippen LogP contribution in [0.15, 0.2) is 54.6 Å². The van der Waals surface area contributed by atoms with Crippen molar-refractivity contribution in [3.63, 3.8) is 0 Å². The van der Waals surface area contributed by atoms with Crippen LogP contribution in [0, 0.1) is 6.92 Å². The zero-order chi connectivity index (χ0) is 19.7. The Morgan fingerprint density at radius 3 is 2.39 bits per heavy atom. The summed E-state index contributed by atoms with van der Waals surface area (Å²) >= 11 is 0. The van der Waals surface area contributed by atoms with Crippen molar-refractivity contribution >= 4 is 33.2 Å². The number of ether oxygens (including phenoxy) is 2. The Labute approximate surface area is 163 Å². The van der Waals surface area contributed by atoms with Crippen LogP contribution >= 0.6 is 0 Å². The molecule has 0 atom stereocenters. The lowest BCUT2D eigenvalue weighted by Crippen LogP contribution is -1.98. The molecule has 4 rings (SSSR count). The number of aromatic nitrogens is 1. The Bertz CT molecular complexity index is 1170. The third-order valence-electron chi connectivity index (χ3n) is 4.81. The predicted molar refractivity (Wildman–Crippen MR) is 113 cm³/mol. The summed E-state index contributed by atoms with van der Waals surface area (Å²) in [5.41, 5.74) is 5.56. The molecule has 1 heterocycles. The first kappa shape index (κ1) is 18.1. The molecular formula is C23H22N2O3. The summed E-state index contributed by atoms with van der Waals surface area (Å²) in [4.78, 5) is 4.84. The van der Waals surface area contributed by atoms with Gasteiger partial charge in [0.05, 0.1) is 37.5 Å². The lowest BCUT2D eigenvalue weighted by Gasteiger charge is -2.16. The number of pyridine rings is 1. The number of fused-ring (bicyclic) bond motifs is 2. The Morgan fingerprint density at radius 1 is 0.893 bits per heavy atom. The van der Waals surface area contributed by atoms with E-state index in [4.69, 9.17) is 14.5 Å². The van der Waals surface area contributed by atoms with Crippen molar-refractivity contribution in [2.75, 3.05) is 19.5 Å². The maximum absolute atomic E-state index is 9.46. The monoisotopic (exact) mass is 374 g/mol. The molecule has 0 aliphatic heterocycles. The molecule has 28 heavy (non-hydrogen) atoms. The molecule has 5 heteroatoms. The summed E-state index contributed by atoms with van der Waals surface area (Å²) < 4.78 is 11.0. The van der Waals surface area contributed by atoms with Gasteiger partial charge in [-0.15, -0.1) is 0 Å². The van der Waals surface area contributed by atoms with E-state index in [0.29, 0.717) is 11.5 Å². The molecule has 142 valence electrons. The van der Waals surface area contributed by atoms with E-state index in [2.05, 4.69) is 30.4 Å². The quantitative estimate of drug-likeness (QED) is 0.484. The first-order valence-electron chi connectivity index (χ1n) is 9.06. The van der Waals surface area contributed by atoms with Crippen molar-refractivity contribution < 1.29 is 14.6 Å². The number of benzene rings is 3. The molecule has 0 aliphatic rings. The smallest absolute Gasteiger partial charge is 0.162 e. The zero-order valence-electron chi connectivity index (χ0n) is 16.1. The second-order valence-corrected chi connectivity index (χ2v) is 6.72. The minimum atomic E-state index is -0.00240. The highest BCUT2D eigenvalue weighted by Crippen LogP contribution is 2.39. The van der Waals surface area contributed by atoms with E-state index in [9.17, 15) is 5.11 Å². The van der Waals surface area contributed by atoms with Gasteiger partial charge in [0.15, 0.2) is 11.5 Å². The number of rotatable bonds is 5. The van der Waals surface area contributed by atoms with Crippen LogP contribution < -0.4 is 14.8 Å². The minimum absolute atomic E-state index is 0.00240. The molecule has 0 fully saturated rings. The molecule has 5 nitrogen and oxygen atoms in total. The molecule has 0 radical (unpaired) electrons. The third kappa shape index (κ3) is 3.21. The normalized spacial score (nSPS) is 11.0. The van der Waals surface area contributed by atoms with Crippen LogP contribution in [0.4, 0.5) is 11.4 Å². The van der Waals surface area contributed by atoms with Crippen molar-refractivity contribution in [2.45, 2.75) is 13.5 Å². The van der Waals surface area contributed by atoms with E-state index in [-0.39, 0.29) is 6.61 Å². The Kier molecular flexibility index (Phi) is 4.75. The van der Waals surface area contributed by atoms with Crippen LogP contribution in [0.2, 0.25) is 0 Å². The molecule has 0 aliphatic carbocycles. The first-order valence-corrected chi connectivity index (χ1v) is 9.06. The van der Waals surface area contributed by atoms with Gasteiger partial charge in [-0.2, -0.15) is 0 Å². The zero-order valence-corrected chi connectivity index (χ0v) is 16.1. The van der Waals surface area contributed by atoms with E-state index in [1.165, 1.54) is 0 Å². The number of anilines is 2. The first-order chi connectivity index (χ1) is 13.6. The van der Waals surface area contributed by atoms with Crippen molar-refractivity contribution in [1.82, 2.24) is 4.98 Å². The number of aryl methyl sites for hydroxylation is 1. The van der Waals surface area contributed by atoms with Gasteiger partial charge >= 0.3 is 0 Å². The topological polar surface area (TPSA) is 63.6 Å². The van der Waals surface area contributed by atoms with Gasteiger partial charge < -0.3 is 19.9 Å². The van der Waals surface area contributed by atoms with Crippen LogP contribution in [0.5, 0.6) is 11.5 Å². The number of nitrogens with one attached hydrogen (secondary N) is 1. The molecule has 4 aromatic rings. The lowest BCUT2D eigenvalue weighted by atomic mass is 10.0. The molecule has 2 N–H and O–H groups in total. The van der Waals surface area contributed by atoms with Gasteiger partial charge in [0, 0.05) is 22.5 Å². The summed E-state index contributed by atoms with van der Waals surface area (Å²) in [6, 6.07) is 17.8. The standard InChI is InChI=1S/C23H22N2O3/c1-14-7-8-17-19(9-14)25-20-12-22(28-3)21(27-2)11-18(20)23(17)24-16-6-4-5-15(10-16)13-26/h4-12,26H,13H2,1-3H3,(H,24,25). The SMILES string of the molecule is COc1cc2nc3cc(C)ccc3c(Nc3cccc(CO)c3)c2cc1OC. The minimum Gasteiger partial charge on any atom is -0.493 e. The third-order valence-corrected chi connectivity index (χ3v) is 4.81. The van der Waals surface area contributed by atoms with E-state index in [1.54, 1.807) is 14.2 Å². The number of hydrogen-bond donors (Lipinski definition) is 2. The number of hydrogen-bond acceptors (Lipinski definition) is 5. The Balaban J connectivity index is 2.00. The molecule has 3 aromatic carbocycles. The number of aliphatic hydroxyl groups is 1. The molecule has 0 saturated heterocycles. The molecule has 0 saturated carbocycles. The fraction of sp³-hybridized carbons (Fsp3) is 0.174. The predicted octanol–water partition coefficient (Wildman–Crippen LogP) is 4.95. The fourth-order valence-electron chi connectivity index (χ4n) is 3.41. The van der Waals surface area contributed by atoms with E-state index >= 15 is 0 Å². The van der Waals surface area contributed by atoms with Gasteiger partial charge in [-0.3, -0.25) is 0 Å². The number of methoxy groups -OCH3 is 2. The van der Waals surface area contributed by atoms with Crippen LogP contribution in [-0.2, 0) is 6.61 Å². The van der Waals surface area contributed by atoms with Crippen molar-refractivity contribution in [3.05, 3.63) is 65.7 Å². The fourth-order valence-corrected chi connectivity index (χ4v) is 3.41. The summed E-state index contributed by atoms with van der Waals surface area (Å²) in [6.07, 6.45) is 0. The summed E-state index contributed by atoms with van der Waals surface area (Å²) in [5.74, 6) is 1.29. The second-order valence-electron chi connectivity index (χ2n) is 6.72. The van der Waals surface area contributed by atoms with E-state index in [1.807, 2.05) is 36.4 Å². The van der Waals surface area contributed by atoms with Crippen LogP contribution in [0.1, 0.15) is 11.1 Å². The second kappa shape index (κ2) is 7.37. The maximum atomic E-state index is 9.46. The highest BCUT2D eigenvalue weighted by molar-refractivity contribution is 6.09. The molecule has 0 spiro atoms. The van der Waals surface area contributed by atoms with Gasteiger partial charge in [0.2, 0.25) is 0 Å². The highest BCUT2D eigenvalue weighted by atomic mass is 16.5. The summed E-state index contributed by atoms with van der Waals surface area (Å²) in [7, 11) is 3.24. The van der Waals surface area contributed by atoms with E-state index < -0.39 is 0 Å². The Morgan fingerprint density at radius 2 is 1.64 bits per heavy atom. The molecule has 0 amide bonds. The maximum Gasteiger partial charge on any atom is 0.162 e. The number of nitrogens with zero attached hydrogens (tertiary/aromatic N) is 1. The molecule has 1 aromatic heterocycles. The largest absolute Gasteiger partial charge is 0.493 e. The molecular weight excluding hydrogens is 352 g/mol. The summed E-state index contributed by atoms with van der Waals surface area (Å²) in [6.45, 7) is 2.05. The summed E-state index contributed by atoms with van der Waals surface area (Å²) in [5, 5.41) is 14.9. The van der Waals surface area contributed by atoms with Gasteiger partial charge in [0.1, 0.15) is 0 Å². The molecule has 0 bridgehead atoms. The van der Waals surface area contributed by atoms with Gasteiger partial charge in [0.25, 0.3) is 0 Å². The average Bonchev–Trinajstić information content (AvgIpc) is 2.72. The van der Waals surface area contributed by atoms with Crippen LogP contribution in [-0.4, -0.2) is 24.3 Å². The van der Waals surface area contributed by atoms with E-state index in [0.717, 1.165) is 44.3 Å². The van der Waals surface area contributed by atoms with Crippen molar-refractivity contribution in [3.8, 4) is 11.5 Å². The average molecular weight is 374 g/mol. The van der Waals surface area contributed by atoms with Crippen LogP contribution in [0.25, 0.3) is 21.8 Å². The Hall–Kier alpha value is -3.31. The van der Waals surface area contributed by atoms with Crippen molar-refractivity contribution in [2.24, 2.45) is 0 Å². The van der Waals surface area contributed by atoms with Gasteiger partial charge in [-0.05, 0) is 42.3 Å². The highest BCUT2D eigenvalue weighted by Gasteiger charge is 2.14. The number of aliphatic hydroxyl groups excluding tert-OH is 1.